The maximum atomic E-state index is 13.9. The van der Waals surface area contributed by atoms with Gasteiger partial charge in [0.2, 0.25) is 11.8 Å². The Labute approximate surface area is 224 Å². The predicted octanol–water partition coefficient (Wildman–Crippen LogP) is 5.45. The van der Waals surface area contributed by atoms with E-state index in [1.54, 1.807) is 18.2 Å². The number of aromatic nitrogens is 2. The quantitative estimate of drug-likeness (QED) is 0.368. The van der Waals surface area contributed by atoms with Gasteiger partial charge in [-0.25, -0.2) is 18.6 Å². The van der Waals surface area contributed by atoms with Gasteiger partial charge in [-0.15, -0.1) is 0 Å². The summed E-state index contributed by atoms with van der Waals surface area (Å²) in [5.41, 5.74) is 2.09. The molecule has 3 heterocycles. The van der Waals surface area contributed by atoms with E-state index in [4.69, 9.17) is 8.94 Å². The molecule has 2 aromatic heterocycles. The molecule has 3 fully saturated rings. The van der Waals surface area contributed by atoms with E-state index < -0.39 is 42.7 Å². The van der Waals surface area contributed by atoms with E-state index in [1.165, 1.54) is 6.26 Å². The third kappa shape index (κ3) is 5.35. The van der Waals surface area contributed by atoms with Crippen LogP contribution in [0.3, 0.4) is 0 Å². The molecule has 3 aromatic rings. The fraction of sp³-hybridized carbons (Fsp3) is 0.538. The Morgan fingerprint density at radius 1 is 1.20 bits per heavy atom. The van der Waals surface area contributed by atoms with Crippen LogP contribution >= 0.6 is 0 Å². The zero-order chi connectivity index (χ0) is 28.2. The Balaban J connectivity index is 1.24. The highest BCUT2D eigenvalue weighted by molar-refractivity contribution is 5.95. The van der Waals surface area contributed by atoms with Gasteiger partial charge < -0.3 is 24.5 Å². The van der Waals surface area contributed by atoms with Crippen molar-refractivity contribution in [2.24, 2.45) is 5.92 Å². The van der Waals surface area contributed by atoms with Crippen LogP contribution in [0.25, 0.3) is 11.1 Å². The number of nitrogens with one attached hydrogen (secondary N) is 2. The zero-order valence-corrected chi connectivity index (χ0v) is 21.1. The summed E-state index contributed by atoms with van der Waals surface area (Å²) in [6.45, 7) is -0.595. The molecule has 40 heavy (non-hydrogen) atoms. The van der Waals surface area contributed by atoms with Gasteiger partial charge in [0.15, 0.2) is 5.58 Å². The molecule has 2 N–H and O–H groups in total. The smallest absolute Gasteiger partial charge is 0.410 e. The lowest BCUT2D eigenvalue weighted by atomic mass is 9.82. The standard InChI is InChI=1S/C26H26F5N5O4/c27-25(28)7-5-15(6-8-25)21(34-22(37)16-12-39-35-20(16)14-2-3-14)23-32-17-9-13(1-4-18(17)40-23)10-36-11-19(26(29,30)31)33-24(36)38/h1,4,9,12,14-15,19,21H,2-3,5-8,10-11H2,(H,33,38)(H,34,37). The minimum atomic E-state index is -4.55. The number of benzene rings is 1. The molecular weight excluding hydrogens is 541 g/mol. The summed E-state index contributed by atoms with van der Waals surface area (Å²) < 4.78 is 77.9. The van der Waals surface area contributed by atoms with Crippen LogP contribution in [0.5, 0.6) is 0 Å². The molecule has 0 radical (unpaired) electrons. The van der Waals surface area contributed by atoms with Crippen molar-refractivity contribution < 1.29 is 40.5 Å². The number of fused-ring (bicyclic) bond motifs is 1. The molecule has 9 nitrogen and oxygen atoms in total. The second-order valence-electron chi connectivity index (χ2n) is 10.8. The number of urea groups is 1. The van der Waals surface area contributed by atoms with E-state index in [0.29, 0.717) is 22.4 Å². The van der Waals surface area contributed by atoms with Crippen LogP contribution in [0.15, 0.2) is 33.4 Å². The summed E-state index contributed by atoms with van der Waals surface area (Å²) >= 11 is 0. The van der Waals surface area contributed by atoms with Gasteiger partial charge in [-0.2, -0.15) is 13.2 Å². The fourth-order valence-corrected chi connectivity index (χ4v) is 5.42. The minimum Gasteiger partial charge on any atom is -0.438 e. The average molecular weight is 568 g/mol. The third-order valence-corrected chi connectivity index (χ3v) is 7.82. The first-order chi connectivity index (χ1) is 19.0. The van der Waals surface area contributed by atoms with E-state index in [0.717, 1.165) is 17.7 Å². The maximum Gasteiger partial charge on any atom is 0.410 e. The molecule has 1 aromatic carbocycles. The SMILES string of the molecule is O=C(NC(c1nc2cc(CN3CC(C(F)(F)F)NC3=O)ccc2o1)C1CCC(F)(F)CC1)c1conc1C1CC1. The monoisotopic (exact) mass is 567 g/mol. The molecule has 6 rings (SSSR count). The fourth-order valence-electron chi connectivity index (χ4n) is 5.42. The maximum absolute atomic E-state index is 13.9. The molecule has 2 unspecified atom stereocenters. The number of amides is 3. The lowest BCUT2D eigenvalue weighted by molar-refractivity contribution is -0.149. The molecule has 0 bridgehead atoms. The lowest BCUT2D eigenvalue weighted by Crippen LogP contribution is -2.40. The second kappa shape index (κ2) is 9.73. The van der Waals surface area contributed by atoms with Crippen molar-refractivity contribution in [2.75, 3.05) is 6.54 Å². The molecule has 2 saturated carbocycles. The van der Waals surface area contributed by atoms with Crippen molar-refractivity contribution in [3.63, 3.8) is 0 Å². The number of carbonyl (C=O) groups is 2. The number of alkyl halides is 5. The number of carbonyl (C=O) groups excluding carboxylic acids is 2. The first-order valence-electron chi connectivity index (χ1n) is 13.1. The van der Waals surface area contributed by atoms with Gasteiger partial charge in [0, 0.05) is 25.3 Å². The van der Waals surface area contributed by atoms with Gasteiger partial charge in [-0.3, -0.25) is 4.79 Å². The van der Waals surface area contributed by atoms with Gasteiger partial charge in [0.25, 0.3) is 5.91 Å². The van der Waals surface area contributed by atoms with Gasteiger partial charge in [0.1, 0.15) is 29.4 Å². The van der Waals surface area contributed by atoms with Crippen LogP contribution in [0, 0.1) is 5.92 Å². The normalized spacial score (nSPS) is 22.5. The van der Waals surface area contributed by atoms with E-state index in [1.807, 2.05) is 5.32 Å². The number of rotatable bonds is 7. The molecule has 0 spiro atoms. The van der Waals surface area contributed by atoms with E-state index in [-0.39, 0.29) is 55.5 Å². The Morgan fingerprint density at radius 2 is 1.95 bits per heavy atom. The second-order valence-corrected chi connectivity index (χ2v) is 10.8. The van der Waals surface area contributed by atoms with Crippen molar-refractivity contribution in [3.05, 3.63) is 47.2 Å². The highest BCUT2D eigenvalue weighted by Gasteiger charge is 2.47. The van der Waals surface area contributed by atoms with Crippen LogP contribution in [-0.4, -0.2) is 51.7 Å². The number of hydrogen-bond donors (Lipinski definition) is 2. The van der Waals surface area contributed by atoms with Crippen LogP contribution < -0.4 is 10.6 Å². The molecule has 14 heteroatoms. The minimum absolute atomic E-state index is 0.0775. The van der Waals surface area contributed by atoms with Crippen LogP contribution in [-0.2, 0) is 6.54 Å². The Bertz CT molecular complexity index is 1420. The van der Waals surface area contributed by atoms with Crippen molar-refractivity contribution >= 4 is 23.0 Å². The predicted molar refractivity (Wildman–Crippen MR) is 128 cm³/mol. The van der Waals surface area contributed by atoms with Crippen molar-refractivity contribution in [3.8, 4) is 0 Å². The summed E-state index contributed by atoms with van der Waals surface area (Å²) in [5.74, 6) is -3.32. The summed E-state index contributed by atoms with van der Waals surface area (Å²) in [5, 5.41) is 8.79. The molecule has 3 aliphatic rings. The first kappa shape index (κ1) is 26.5. The highest BCUT2D eigenvalue weighted by atomic mass is 19.4. The van der Waals surface area contributed by atoms with Gasteiger partial charge in [0.05, 0.1) is 12.2 Å². The van der Waals surface area contributed by atoms with Crippen LogP contribution in [0.1, 0.15) is 78.0 Å². The average Bonchev–Trinajstić information content (AvgIpc) is 3.28. The van der Waals surface area contributed by atoms with E-state index in [2.05, 4.69) is 15.5 Å². The Hall–Kier alpha value is -3.71. The van der Waals surface area contributed by atoms with Gasteiger partial charge >= 0.3 is 12.2 Å². The molecule has 3 amide bonds. The number of nitrogens with zero attached hydrogens (tertiary/aromatic N) is 3. The summed E-state index contributed by atoms with van der Waals surface area (Å²) in [7, 11) is 0. The van der Waals surface area contributed by atoms with Crippen molar-refractivity contribution in [2.45, 2.75) is 75.2 Å². The molecule has 214 valence electrons. The van der Waals surface area contributed by atoms with Gasteiger partial charge in [-0.05, 0) is 49.3 Å². The lowest BCUT2D eigenvalue weighted by Gasteiger charge is -2.32. The summed E-state index contributed by atoms with van der Waals surface area (Å²) in [6, 6.07) is 1.21. The molecular formula is C26H26F5N5O4. The van der Waals surface area contributed by atoms with Crippen LogP contribution in [0.4, 0.5) is 26.7 Å². The third-order valence-electron chi connectivity index (χ3n) is 7.82. The Kier molecular flexibility index (Phi) is 6.45. The van der Waals surface area contributed by atoms with Crippen molar-refractivity contribution in [1.82, 2.24) is 25.7 Å². The van der Waals surface area contributed by atoms with E-state index in [9.17, 15) is 31.5 Å². The number of hydrogen-bond acceptors (Lipinski definition) is 6. The van der Waals surface area contributed by atoms with E-state index >= 15 is 0 Å². The number of halogens is 5. The zero-order valence-electron chi connectivity index (χ0n) is 21.1. The van der Waals surface area contributed by atoms with Gasteiger partial charge in [-0.1, -0.05) is 11.2 Å². The topological polar surface area (TPSA) is 114 Å². The molecule has 2 aliphatic carbocycles. The summed E-state index contributed by atoms with van der Waals surface area (Å²) in [4.78, 5) is 30.9. The van der Waals surface area contributed by atoms with Crippen molar-refractivity contribution in [1.29, 1.82) is 0 Å². The molecule has 1 saturated heterocycles. The highest BCUT2D eigenvalue weighted by Crippen LogP contribution is 2.43. The number of oxazole rings is 1. The molecule has 1 aliphatic heterocycles. The largest absolute Gasteiger partial charge is 0.438 e. The Morgan fingerprint density at radius 3 is 2.62 bits per heavy atom. The summed E-state index contributed by atoms with van der Waals surface area (Å²) in [6.07, 6.45) is -1.85. The molecule has 2 atom stereocenters. The first-order valence-corrected chi connectivity index (χ1v) is 13.1. The van der Waals surface area contributed by atoms with Crippen LogP contribution in [0.2, 0.25) is 0 Å².